The largest absolute Gasteiger partial charge is 0.497 e. The normalized spacial score (nSPS) is 17.9. The third kappa shape index (κ3) is 4.72. The van der Waals surface area contributed by atoms with Crippen LogP contribution in [0.25, 0.3) is 5.57 Å². The molecule has 2 aromatic rings. The van der Waals surface area contributed by atoms with Gasteiger partial charge in [0.05, 0.1) is 35.0 Å². The van der Waals surface area contributed by atoms with Gasteiger partial charge in [0.2, 0.25) is 0 Å². The lowest BCUT2D eigenvalue weighted by Gasteiger charge is -2.30. The molecule has 0 unspecified atom stereocenters. The standard InChI is InChI=1S/C25H28O7/c1-6-32-25(27)24-20(15-7-8-22(30-4)23(13-15)31-5)11-17(12-21(24)26)16-9-18(28-2)14-19(10-16)29-3/h7-10,12-14,20,24H,6,11H2,1-5H3/t20-,24-/m0/s1. The van der Waals surface area contributed by atoms with E-state index in [1.54, 1.807) is 53.6 Å². The van der Waals surface area contributed by atoms with E-state index in [0.29, 0.717) is 29.4 Å². The molecule has 170 valence electrons. The monoisotopic (exact) mass is 440 g/mol. The van der Waals surface area contributed by atoms with Crippen LogP contribution >= 0.6 is 0 Å². The zero-order valence-corrected chi connectivity index (χ0v) is 19.0. The van der Waals surface area contributed by atoms with Crippen LogP contribution in [0, 0.1) is 5.92 Å². The Morgan fingerprint density at radius 3 is 2.12 bits per heavy atom. The number of rotatable bonds is 8. The number of methoxy groups -OCH3 is 4. The smallest absolute Gasteiger partial charge is 0.317 e. The molecular weight excluding hydrogens is 412 g/mol. The maximum absolute atomic E-state index is 13.2. The molecule has 0 amide bonds. The Morgan fingerprint density at radius 1 is 0.906 bits per heavy atom. The van der Waals surface area contributed by atoms with E-state index in [0.717, 1.165) is 16.7 Å². The maximum atomic E-state index is 13.2. The summed E-state index contributed by atoms with van der Waals surface area (Å²) >= 11 is 0. The number of carbonyl (C=O) groups is 2. The molecule has 2 aromatic carbocycles. The van der Waals surface area contributed by atoms with Crippen LogP contribution in [0.1, 0.15) is 30.4 Å². The summed E-state index contributed by atoms with van der Waals surface area (Å²) in [6.45, 7) is 1.92. The Bertz CT molecular complexity index is 1000. The van der Waals surface area contributed by atoms with Gasteiger partial charge >= 0.3 is 5.97 Å². The van der Waals surface area contributed by atoms with Crippen LogP contribution in [0.5, 0.6) is 23.0 Å². The maximum Gasteiger partial charge on any atom is 0.317 e. The van der Waals surface area contributed by atoms with Gasteiger partial charge in [0, 0.05) is 12.0 Å². The van der Waals surface area contributed by atoms with E-state index in [-0.39, 0.29) is 12.4 Å². The first-order valence-electron chi connectivity index (χ1n) is 10.3. The molecule has 2 atom stereocenters. The average Bonchev–Trinajstić information content (AvgIpc) is 2.82. The van der Waals surface area contributed by atoms with Crippen LogP contribution in [-0.4, -0.2) is 46.8 Å². The van der Waals surface area contributed by atoms with Crippen molar-refractivity contribution in [3.8, 4) is 23.0 Å². The molecule has 0 bridgehead atoms. The van der Waals surface area contributed by atoms with Crippen molar-refractivity contribution in [2.45, 2.75) is 19.3 Å². The van der Waals surface area contributed by atoms with E-state index < -0.39 is 17.8 Å². The third-order valence-electron chi connectivity index (χ3n) is 5.56. The zero-order chi connectivity index (χ0) is 23.3. The summed E-state index contributed by atoms with van der Waals surface area (Å²) in [5.74, 6) is 0.120. The van der Waals surface area contributed by atoms with Gasteiger partial charge in [-0.1, -0.05) is 6.07 Å². The molecule has 0 aliphatic heterocycles. The average molecular weight is 440 g/mol. The molecule has 3 rings (SSSR count). The molecule has 1 aliphatic carbocycles. The minimum absolute atomic E-state index is 0.199. The number of ether oxygens (including phenoxy) is 5. The molecule has 0 N–H and O–H groups in total. The van der Waals surface area contributed by atoms with Gasteiger partial charge in [-0.2, -0.15) is 0 Å². The number of hydrogen-bond acceptors (Lipinski definition) is 7. The molecule has 1 aliphatic rings. The summed E-state index contributed by atoms with van der Waals surface area (Å²) < 4.78 is 26.8. The van der Waals surface area contributed by atoms with Crippen molar-refractivity contribution in [2.24, 2.45) is 5.92 Å². The molecule has 0 heterocycles. The highest BCUT2D eigenvalue weighted by Gasteiger charge is 2.40. The lowest BCUT2D eigenvalue weighted by molar-refractivity contribution is -0.151. The number of benzene rings is 2. The van der Waals surface area contributed by atoms with E-state index in [4.69, 9.17) is 23.7 Å². The van der Waals surface area contributed by atoms with Crippen LogP contribution in [-0.2, 0) is 14.3 Å². The lowest BCUT2D eigenvalue weighted by atomic mass is 9.73. The number of carbonyl (C=O) groups excluding carboxylic acids is 2. The quantitative estimate of drug-likeness (QED) is 0.453. The second kappa shape index (κ2) is 10.2. The van der Waals surface area contributed by atoms with E-state index >= 15 is 0 Å². The van der Waals surface area contributed by atoms with Gasteiger partial charge in [0.15, 0.2) is 17.3 Å². The lowest BCUT2D eigenvalue weighted by Crippen LogP contribution is -2.34. The van der Waals surface area contributed by atoms with Crippen LogP contribution in [0.15, 0.2) is 42.5 Å². The second-order valence-corrected chi connectivity index (χ2v) is 7.33. The first kappa shape index (κ1) is 23.2. The molecule has 0 saturated carbocycles. The highest BCUT2D eigenvalue weighted by atomic mass is 16.5. The minimum atomic E-state index is -0.940. The number of hydrogen-bond donors (Lipinski definition) is 0. The Balaban J connectivity index is 2.09. The molecule has 0 aromatic heterocycles. The molecule has 0 spiro atoms. The van der Waals surface area contributed by atoms with Crippen LogP contribution in [0.4, 0.5) is 0 Å². The van der Waals surface area contributed by atoms with Crippen molar-refractivity contribution in [3.63, 3.8) is 0 Å². The fraction of sp³-hybridized carbons (Fsp3) is 0.360. The van der Waals surface area contributed by atoms with Crippen LogP contribution < -0.4 is 18.9 Å². The Kier molecular flexibility index (Phi) is 7.41. The van der Waals surface area contributed by atoms with Gasteiger partial charge in [0.1, 0.15) is 17.4 Å². The van der Waals surface area contributed by atoms with Crippen molar-refractivity contribution in [2.75, 3.05) is 35.0 Å². The molecule has 0 fully saturated rings. The van der Waals surface area contributed by atoms with Crippen molar-refractivity contribution < 1.29 is 33.3 Å². The summed E-state index contributed by atoms with van der Waals surface area (Å²) in [5.41, 5.74) is 2.37. The summed E-state index contributed by atoms with van der Waals surface area (Å²) in [7, 11) is 6.24. The number of esters is 1. The first-order chi connectivity index (χ1) is 15.4. The van der Waals surface area contributed by atoms with Gasteiger partial charge in [-0.05, 0) is 60.4 Å². The van der Waals surface area contributed by atoms with E-state index in [2.05, 4.69) is 0 Å². The zero-order valence-electron chi connectivity index (χ0n) is 19.0. The van der Waals surface area contributed by atoms with E-state index in [9.17, 15) is 9.59 Å². The Morgan fingerprint density at radius 2 is 1.56 bits per heavy atom. The summed E-state index contributed by atoms with van der Waals surface area (Å²) in [6.07, 6.45) is 1.97. The fourth-order valence-corrected chi connectivity index (χ4v) is 3.97. The topological polar surface area (TPSA) is 80.3 Å². The molecule has 7 heteroatoms. The highest BCUT2D eigenvalue weighted by Crippen LogP contribution is 2.43. The van der Waals surface area contributed by atoms with Gasteiger partial charge in [-0.15, -0.1) is 0 Å². The van der Waals surface area contributed by atoms with Crippen molar-refractivity contribution in [1.29, 1.82) is 0 Å². The van der Waals surface area contributed by atoms with Crippen LogP contribution in [0.3, 0.4) is 0 Å². The van der Waals surface area contributed by atoms with Gasteiger partial charge < -0.3 is 23.7 Å². The Hall–Kier alpha value is -3.48. The Labute approximate surface area is 187 Å². The SMILES string of the molecule is CCOC(=O)[C@@H]1C(=O)C=C(c2cc(OC)cc(OC)c2)C[C@H]1c1ccc(OC)c(OC)c1. The molecule has 7 nitrogen and oxygen atoms in total. The summed E-state index contributed by atoms with van der Waals surface area (Å²) in [6, 6.07) is 10.9. The predicted molar refractivity (Wildman–Crippen MR) is 120 cm³/mol. The summed E-state index contributed by atoms with van der Waals surface area (Å²) in [5, 5.41) is 0. The van der Waals surface area contributed by atoms with Gasteiger partial charge in [-0.3, -0.25) is 9.59 Å². The third-order valence-corrected chi connectivity index (χ3v) is 5.56. The molecule has 0 saturated heterocycles. The highest BCUT2D eigenvalue weighted by molar-refractivity contribution is 6.10. The molecule has 32 heavy (non-hydrogen) atoms. The van der Waals surface area contributed by atoms with Crippen LogP contribution in [0.2, 0.25) is 0 Å². The summed E-state index contributed by atoms with van der Waals surface area (Å²) in [4.78, 5) is 25.9. The van der Waals surface area contributed by atoms with Gasteiger partial charge in [-0.25, -0.2) is 0 Å². The van der Waals surface area contributed by atoms with Crippen molar-refractivity contribution in [3.05, 3.63) is 53.6 Å². The van der Waals surface area contributed by atoms with Gasteiger partial charge in [0.25, 0.3) is 0 Å². The number of allylic oxidation sites excluding steroid dienone is 2. The predicted octanol–water partition coefficient (Wildman–Crippen LogP) is 4.04. The fourth-order valence-electron chi connectivity index (χ4n) is 3.97. The number of ketones is 1. The molecular formula is C25H28O7. The van der Waals surface area contributed by atoms with E-state index in [1.807, 2.05) is 18.2 Å². The second-order valence-electron chi connectivity index (χ2n) is 7.33. The first-order valence-corrected chi connectivity index (χ1v) is 10.3. The van der Waals surface area contributed by atoms with E-state index in [1.165, 1.54) is 6.08 Å². The molecule has 0 radical (unpaired) electrons. The van der Waals surface area contributed by atoms with Crippen molar-refractivity contribution >= 4 is 17.3 Å². The minimum Gasteiger partial charge on any atom is -0.497 e. The van der Waals surface area contributed by atoms with Crippen molar-refractivity contribution in [1.82, 2.24) is 0 Å².